The van der Waals surface area contributed by atoms with E-state index in [0.717, 1.165) is 0 Å². The number of rotatable bonds is 3. The van der Waals surface area contributed by atoms with Crippen LogP contribution in [-0.2, 0) is 0 Å². The van der Waals surface area contributed by atoms with Gasteiger partial charge in [-0.25, -0.2) is 0 Å². The molecule has 0 aliphatic rings. The van der Waals surface area contributed by atoms with Crippen LogP contribution in [0.4, 0.5) is 0 Å². The van der Waals surface area contributed by atoms with Gasteiger partial charge in [-0.15, -0.1) is 11.3 Å². The number of carbonyl (C=O) groups excluding carboxylic acids is 1. The second kappa shape index (κ2) is 5.08. The molecule has 1 aromatic heterocycles. The third-order valence-corrected chi connectivity index (χ3v) is 3.89. The monoisotopic (exact) mass is 286 g/mol. The highest BCUT2D eigenvalue weighted by atomic mass is 35.5. The number of carbonyl (C=O) groups is 1. The smallest absolute Gasteiger partial charge is 0.204 e. The largest absolute Gasteiger partial charge is 0.495 e. The lowest BCUT2D eigenvalue weighted by Gasteiger charge is -2.05. The van der Waals surface area contributed by atoms with Gasteiger partial charge in [0, 0.05) is 5.56 Å². The summed E-state index contributed by atoms with van der Waals surface area (Å²) < 4.78 is 5.07. The lowest BCUT2D eigenvalue weighted by Crippen LogP contribution is -2.00. The van der Waals surface area contributed by atoms with Crippen LogP contribution in [0.2, 0.25) is 10.0 Å². The third kappa shape index (κ3) is 2.46. The first kappa shape index (κ1) is 12.4. The van der Waals surface area contributed by atoms with Crippen molar-refractivity contribution in [3.63, 3.8) is 0 Å². The van der Waals surface area contributed by atoms with E-state index in [1.807, 2.05) is 0 Å². The Kier molecular flexibility index (Phi) is 3.72. The molecule has 0 fully saturated rings. The van der Waals surface area contributed by atoms with Crippen molar-refractivity contribution in [2.75, 3.05) is 7.11 Å². The van der Waals surface area contributed by atoms with Crippen LogP contribution in [0.1, 0.15) is 15.2 Å². The molecule has 2 rings (SSSR count). The van der Waals surface area contributed by atoms with Gasteiger partial charge in [-0.3, -0.25) is 4.79 Å². The van der Waals surface area contributed by atoms with Gasteiger partial charge in [-0.1, -0.05) is 23.2 Å². The maximum Gasteiger partial charge on any atom is 0.204 e. The van der Waals surface area contributed by atoms with Crippen LogP contribution in [0.25, 0.3) is 0 Å². The normalized spacial score (nSPS) is 10.3. The van der Waals surface area contributed by atoms with Gasteiger partial charge in [0.1, 0.15) is 5.75 Å². The van der Waals surface area contributed by atoms with Gasteiger partial charge in [-0.2, -0.15) is 0 Å². The number of ketones is 1. The van der Waals surface area contributed by atoms with Crippen molar-refractivity contribution < 1.29 is 9.53 Å². The van der Waals surface area contributed by atoms with Crippen LogP contribution in [0.5, 0.6) is 5.75 Å². The predicted molar refractivity (Wildman–Crippen MR) is 70.8 cm³/mol. The van der Waals surface area contributed by atoms with E-state index in [1.165, 1.54) is 18.4 Å². The Morgan fingerprint density at radius 2 is 2.00 bits per heavy atom. The van der Waals surface area contributed by atoms with Crippen molar-refractivity contribution in [2.45, 2.75) is 0 Å². The van der Waals surface area contributed by atoms with E-state index in [-0.39, 0.29) is 5.78 Å². The molecule has 0 radical (unpaired) electrons. The van der Waals surface area contributed by atoms with Crippen molar-refractivity contribution in [1.82, 2.24) is 0 Å². The fourth-order valence-corrected chi connectivity index (χ4v) is 2.69. The molecule has 2 nitrogen and oxygen atoms in total. The Bertz CT molecular complexity index is 563. The minimum atomic E-state index is -0.125. The molecule has 5 heteroatoms. The van der Waals surface area contributed by atoms with Gasteiger partial charge >= 0.3 is 0 Å². The molecule has 0 spiro atoms. The second-order valence-electron chi connectivity index (χ2n) is 3.28. The first-order chi connectivity index (χ1) is 8.13. The number of halogens is 2. The van der Waals surface area contributed by atoms with Gasteiger partial charge < -0.3 is 4.74 Å². The maximum absolute atomic E-state index is 12.1. The molecular weight excluding hydrogens is 279 g/mol. The van der Waals surface area contributed by atoms with Gasteiger partial charge in [0.25, 0.3) is 0 Å². The summed E-state index contributed by atoms with van der Waals surface area (Å²) in [6, 6.07) is 6.60. The van der Waals surface area contributed by atoms with E-state index in [4.69, 9.17) is 27.9 Å². The van der Waals surface area contributed by atoms with E-state index in [2.05, 4.69) is 0 Å². The topological polar surface area (TPSA) is 26.3 Å². The summed E-state index contributed by atoms with van der Waals surface area (Å²) in [5.74, 6) is 0.352. The number of hydrogen-bond donors (Lipinski definition) is 0. The molecule has 1 heterocycles. The van der Waals surface area contributed by atoms with Crippen molar-refractivity contribution in [1.29, 1.82) is 0 Å². The Labute approximate surface area is 113 Å². The molecule has 88 valence electrons. The van der Waals surface area contributed by atoms with Crippen LogP contribution >= 0.6 is 34.5 Å². The zero-order valence-corrected chi connectivity index (χ0v) is 11.2. The number of thiophene rings is 1. The van der Waals surface area contributed by atoms with Gasteiger partial charge in [0.2, 0.25) is 5.78 Å². The average Bonchev–Trinajstić information content (AvgIpc) is 2.75. The quantitative estimate of drug-likeness (QED) is 0.787. The molecule has 0 aliphatic heterocycles. The van der Waals surface area contributed by atoms with Crippen LogP contribution < -0.4 is 4.74 Å². The van der Waals surface area contributed by atoms with Crippen LogP contribution in [0.15, 0.2) is 29.6 Å². The molecule has 0 saturated carbocycles. The van der Waals surface area contributed by atoms with E-state index in [1.54, 1.807) is 29.6 Å². The SMILES string of the molecule is COc1cc(C(=O)c2sccc2Cl)ccc1Cl. The van der Waals surface area contributed by atoms with E-state index in [9.17, 15) is 4.79 Å². The molecular formula is C12H8Cl2O2S. The fourth-order valence-electron chi connectivity index (χ4n) is 1.39. The van der Waals surface area contributed by atoms with Gasteiger partial charge in [0.15, 0.2) is 0 Å². The molecule has 0 N–H and O–H groups in total. The molecule has 0 amide bonds. The lowest BCUT2D eigenvalue weighted by molar-refractivity contribution is 0.104. The standard InChI is InChI=1S/C12H8Cl2O2S/c1-16-10-6-7(2-3-8(10)13)11(15)12-9(14)4-5-17-12/h2-6H,1H3. The highest BCUT2D eigenvalue weighted by molar-refractivity contribution is 7.13. The Hall–Kier alpha value is -1.03. The first-order valence-electron chi connectivity index (χ1n) is 4.74. The molecule has 0 unspecified atom stereocenters. The molecule has 0 aliphatic carbocycles. The van der Waals surface area contributed by atoms with Crippen LogP contribution in [-0.4, -0.2) is 12.9 Å². The summed E-state index contributed by atoms with van der Waals surface area (Å²) in [5.41, 5.74) is 0.510. The molecule has 17 heavy (non-hydrogen) atoms. The minimum absolute atomic E-state index is 0.125. The number of hydrogen-bond acceptors (Lipinski definition) is 3. The molecule has 0 atom stereocenters. The summed E-state index contributed by atoms with van der Waals surface area (Å²) in [6.45, 7) is 0. The fraction of sp³-hybridized carbons (Fsp3) is 0.0833. The third-order valence-electron chi connectivity index (χ3n) is 2.24. The van der Waals surface area contributed by atoms with E-state index < -0.39 is 0 Å². The highest BCUT2D eigenvalue weighted by Crippen LogP contribution is 2.29. The summed E-state index contributed by atoms with van der Waals surface area (Å²) in [5, 5.41) is 2.72. The summed E-state index contributed by atoms with van der Waals surface area (Å²) in [7, 11) is 1.51. The zero-order chi connectivity index (χ0) is 12.4. The van der Waals surface area contributed by atoms with Crippen molar-refractivity contribution in [3.05, 3.63) is 50.1 Å². The minimum Gasteiger partial charge on any atom is -0.495 e. The van der Waals surface area contributed by atoms with E-state index in [0.29, 0.717) is 26.2 Å². The van der Waals surface area contributed by atoms with Crippen molar-refractivity contribution >= 4 is 40.3 Å². The molecule has 0 saturated heterocycles. The molecule has 1 aromatic carbocycles. The predicted octanol–water partition coefficient (Wildman–Crippen LogP) is 4.29. The maximum atomic E-state index is 12.1. The summed E-state index contributed by atoms with van der Waals surface area (Å²) >= 11 is 13.1. The number of ether oxygens (including phenoxy) is 1. The highest BCUT2D eigenvalue weighted by Gasteiger charge is 2.15. The summed E-state index contributed by atoms with van der Waals surface area (Å²) in [6.07, 6.45) is 0. The van der Waals surface area contributed by atoms with Crippen molar-refractivity contribution in [3.8, 4) is 5.75 Å². The average molecular weight is 287 g/mol. The van der Waals surface area contributed by atoms with Crippen LogP contribution in [0.3, 0.4) is 0 Å². The van der Waals surface area contributed by atoms with Crippen molar-refractivity contribution in [2.24, 2.45) is 0 Å². The Morgan fingerprint density at radius 3 is 2.59 bits per heavy atom. The molecule has 0 bridgehead atoms. The van der Waals surface area contributed by atoms with Gasteiger partial charge in [-0.05, 0) is 29.6 Å². The Morgan fingerprint density at radius 1 is 1.24 bits per heavy atom. The number of benzene rings is 1. The Balaban J connectivity index is 2.41. The van der Waals surface area contributed by atoms with Crippen LogP contribution in [0, 0.1) is 0 Å². The molecule has 2 aromatic rings. The second-order valence-corrected chi connectivity index (χ2v) is 5.01. The first-order valence-corrected chi connectivity index (χ1v) is 6.38. The summed E-state index contributed by atoms with van der Waals surface area (Å²) in [4.78, 5) is 12.7. The zero-order valence-electron chi connectivity index (χ0n) is 8.87. The van der Waals surface area contributed by atoms with Gasteiger partial charge in [0.05, 0.1) is 22.0 Å². The lowest BCUT2D eigenvalue weighted by atomic mass is 10.1. The van der Waals surface area contributed by atoms with E-state index >= 15 is 0 Å². The number of methoxy groups -OCH3 is 1.